The van der Waals surface area contributed by atoms with Crippen molar-refractivity contribution in [3.8, 4) is 0 Å². The van der Waals surface area contributed by atoms with Crippen LogP contribution in [0, 0.1) is 0 Å². The predicted molar refractivity (Wildman–Crippen MR) is 93.1 cm³/mol. The Bertz CT molecular complexity index is 758. The zero-order valence-corrected chi connectivity index (χ0v) is 12.7. The molecule has 0 radical (unpaired) electrons. The highest BCUT2D eigenvalue weighted by Crippen LogP contribution is 2.36. The first-order valence-electron chi connectivity index (χ1n) is 8.18. The number of hydrogen-bond donors (Lipinski definition) is 1. The minimum atomic E-state index is 0.449. The molecule has 0 spiro atoms. The number of benzene rings is 3. The zero-order chi connectivity index (χ0) is 14.8. The molecule has 1 aliphatic rings. The molecular formula is C21H21N. The molecule has 3 aromatic carbocycles. The Hall–Kier alpha value is -2.12. The molecule has 2 unspecified atom stereocenters. The molecule has 1 heteroatoms. The van der Waals surface area contributed by atoms with E-state index in [-0.39, 0.29) is 0 Å². The van der Waals surface area contributed by atoms with Gasteiger partial charge in [-0.3, -0.25) is 0 Å². The Labute approximate surface area is 132 Å². The van der Waals surface area contributed by atoms with Gasteiger partial charge in [-0.25, -0.2) is 0 Å². The second-order valence-electron chi connectivity index (χ2n) is 6.21. The van der Waals surface area contributed by atoms with E-state index in [1.165, 1.54) is 34.7 Å². The van der Waals surface area contributed by atoms with Crippen LogP contribution in [-0.4, -0.2) is 6.54 Å². The van der Waals surface area contributed by atoms with Crippen LogP contribution in [0.15, 0.2) is 72.8 Å². The molecule has 0 aliphatic carbocycles. The van der Waals surface area contributed by atoms with Gasteiger partial charge in [0.05, 0.1) is 0 Å². The maximum absolute atomic E-state index is 3.73. The molecule has 0 bridgehead atoms. The molecule has 110 valence electrons. The third-order valence-corrected chi connectivity index (χ3v) is 4.87. The van der Waals surface area contributed by atoms with E-state index in [4.69, 9.17) is 0 Å². The standard InChI is InChI=1S/C21H21N/c1-2-7-16(8-3-1)18-13-14-22-21(15-18)20-12-6-10-17-9-4-5-11-19(17)20/h1-12,18,21-22H,13-15H2. The van der Waals surface area contributed by atoms with Crippen LogP contribution in [-0.2, 0) is 0 Å². The van der Waals surface area contributed by atoms with Gasteiger partial charge in [-0.1, -0.05) is 72.8 Å². The van der Waals surface area contributed by atoms with Crippen LogP contribution in [0.1, 0.15) is 35.9 Å². The molecule has 1 saturated heterocycles. The highest BCUT2D eigenvalue weighted by atomic mass is 14.9. The van der Waals surface area contributed by atoms with Gasteiger partial charge in [0.1, 0.15) is 0 Å². The lowest BCUT2D eigenvalue weighted by Crippen LogP contribution is -2.31. The van der Waals surface area contributed by atoms with Crippen LogP contribution < -0.4 is 5.32 Å². The Kier molecular flexibility index (Phi) is 3.65. The van der Waals surface area contributed by atoms with E-state index in [9.17, 15) is 0 Å². The average Bonchev–Trinajstić information content (AvgIpc) is 2.62. The minimum Gasteiger partial charge on any atom is -0.310 e. The third-order valence-electron chi connectivity index (χ3n) is 4.87. The Morgan fingerprint density at radius 1 is 0.773 bits per heavy atom. The Balaban J connectivity index is 1.67. The number of fused-ring (bicyclic) bond motifs is 1. The van der Waals surface area contributed by atoms with Gasteiger partial charge in [0.15, 0.2) is 0 Å². The van der Waals surface area contributed by atoms with E-state index in [1.54, 1.807) is 0 Å². The first-order valence-corrected chi connectivity index (χ1v) is 8.18. The summed E-state index contributed by atoms with van der Waals surface area (Å²) in [5.41, 5.74) is 2.92. The van der Waals surface area contributed by atoms with E-state index in [1.807, 2.05) is 0 Å². The summed E-state index contributed by atoms with van der Waals surface area (Å²) in [6.07, 6.45) is 2.41. The fourth-order valence-electron chi connectivity index (χ4n) is 3.74. The molecule has 4 rings (SSSR count). The molecule has 3 aromatic rings. The second-order valence-corrected chi connectivity index (χ2v) is 6.21. The van der Waals surface area contributed by atoms with Crippen LogP contribution in [0.2, 0.25) is 0 Å². The molecule has 1 N–H and O–H groups in total. The molecule has 1 aliphatic heterocycles. The molecule has 1 fully saturated rings. The maximum Gasteiger partial charge on any atom is 0.0332 e. The van der Waals surface area contributed by atoms with E-state index in [0.29, 0.717) is 12.0 Å². The molecule has 0 aromatic heterocycles. The first kappa shape index (κ1) is 13.5. The lowest BCUT2D eigenvalue weighted by atomic mass is 9.83. The quantitative estimate of drug-likeness (QED) is 0.695. The fourth-order valence-corrected chi connectivity index (χ4v) is 3.74. The summed E-state index contributed by atoms with van der Waals surface area (Å²) in [6.45, 7) is 1.09. The first-order chi connectivity index (χ1) is 10.9. The molecule has 2 atom stereocenters. The molecule has 22 heavy (non-hydrogen) atoms. The molecular weight excluding hydrogens is 266 g/mol. The van der Waals surface area contributed by atoms with Gasteiger partial charge in [-0.2, -0.15) is 0 Å². The van der Waals surface area contributed by atoms with Crippen molar-refractivity contribution in [3.63, 3.8) is 0 Å². The van der Waals surface area contributed by atoms with Crippen LogP contribution in [0.4, 0.5) is 0 Å². The van der Waals surface area contributed by atoms with Crippen molar-refractivity contribution in [3.05, 3.63) is 83.9 Å². The number of hydrogen-bond acceptors (Lipinski definition) is 1. The number of nitrogens with one attached hydrogen (secondary N) is 1. The van der Waals surface area contributed by atoms with Gasteiger partial charge < -0.3 is 5.32 Å². The monoisotopic (exact) mass is 287 g/mol. The van der Waals surface area contributed by atoms with Crippen molar-refractivity contribution in [2.75, 3.05) is 6.54 Å². The van der Waals surface area contributed by atoms with E-state index in [2.05, 4.69) is 78.1 Å². The van der Waals surface area contributed by atoms with Gasteiger partial charge in [0.25, 0.3) is 0 Å². The Morgan fingerprint density at radius 3 is 2.45 bits per heavy atom. The summed E-state index contributed by atoms with van der Waals surface area (Å²) in [7, 11) is 0. The van der Waals surface area contributed by atoms with Crippen molar-refractivity contribution >= 4 is 10.8 Å². The van der Waals surface area contributed by atoms with E-state index < -0.39 is 0 Å². The molecule has 1 nitrogen and oxygen atoms in total. The van der Waals surface area contributed by atoms with Crippen molar-refractivity contribution in [1.82, 2.24) is 5.32 Å². The van der Waals surface area contributed by atoms with Crippen LogP contribution in [0.25, 0.3) is 10.8 Å². The molecule has 0 saturated carbocycles. The van der Waals surface area contributed by atoms with Crippen molar-refractivity contribution in [2.24, 2.45) is 0 Å². The van der Waals surface area contributed by atoms with Gasteiger partial charge >= 0.3 is 0 Å². The summed E-state index contributed by atoms with van der Waals surface area (Å²) in [6, 6.07) is 26.8. The third kappa shape index (κ3) is 2.53. The van der Waals surface area contributed by atoms with Crippen LogP contribution in [0.3, 0.4) is 0 Å². The summed E-state index contributed by atoms with van der Waals surface area (Å²) in [5, 5.41) is 6.45. The summed E-state index contributed by atoms with van der Waals surface area (Å²) < 4.78 is 0. The Morgan fingerprint density at radius 2 is 1.55 bits per heavy atom. The topological polar surface area (TPSA) is 12.0 Å². The SMILES string of the molecule is c1ccc(C2CCNC(c3cccc4ccccc34)C2)cc1. The van der Waals surface area contributed by atoms with Gasteiger partial charge in [-0.05, 0) is 47.2 Å². The average molecular weight is 287 g/mol. The summed E-state index contributed by atoms with van der Waals surface area (Å²) in [4.78, 5) is 0. The zero-order valence-electron chi connectivity index (χ0n) is 12.7. The van der Waals surface area contributed by atoms with Crippen molar-refractivity contribution < 1.29 is 0 Å². The van der Waals surface area contributed by atoms with Gasteiger partial charge in [0.2, 0.25) is 0 Å². The number of piperidine rings is 1. The lowest BCUT2D eigenvalue weighted by molar-refractivity contribution is 0.371. The van der Waals surface area contributed by atoms with Gasteiger partial charge in [0, 0.05) is 6.04 Å². The largest absolute Gasteiger partial charge is 0.310 e. The van der Waals surface area contributed by atoms with Gasteiger partial charge in [-0.15, -0.1) is 0 Å². The maximum atomic E-state index is 3.73. The lowest BCUT2D eigenvalue weighted by Gasteiger charge is -2.31. The number of rotatable bonds is 2. The fraction of sp³-hybridized carbons (Fsp3) is 0.238. The van der Waals surface area contributed by atoms with E-state index >= 15 is 0 Å². The van der Waals surface area contributed by atoms with Crippen LogP contribution >= 0.6 is 0 Å². The summed E-state index contributed by atoms with van der Waals surface area (Å²) in [5.74, 6) is 0.659. The smallest absolute Gasteiger partial charge is 0.0332 e. The second kappa shape index (κ2) is 5.94. The van der Waals surface area contributed by atoms with Crippen molar-refractivity contribution in [2.45, 2.75) is 24.8 Å². The molecule has 0 amide bonds. The normalized spacial score (nSPS) is 21.8. The van der Waals surface area contributed by atoms with Crippen molar-refractivity contribution in [1.29, 1.82) is 0 Å². The predicted octanol–water partition coefficient (Wildman–Crippen LogP) is 5.05. The van der Waals surface area contributed by atoms with Crippen LogP contribution in [0.5, 0.6) is 0 Å². The van der Waals surface area contributed by atoms with E-state index in [0.717, 1.165) is 6.54 Å². The highest BCUT2D eigenvalue weighted by Gasteiger charge is 2.24. The summed E-state index contributed by atoms with van der Waals surface area (Å²) >= 11 is 0. The molecule has 1 heterocycles. The highest BCUT2D eigenvalue weighted by molar-refractivity contribution is 5.86. The minimum absolute atomic E-state index is 0.449.